The molecule has 1 amide bonds. The summed E-state index contributed by atoms with van der Waals surface area (Å²) in [5, 5.41) is 0. The highest BCUT2D eigenvalue weighted by Crippen LogP contribution is 2.43. The number of piperazine rings is 1. The molecule has 2 aliphatic rings. The van der Waals surface area contributed by atoms with Gasteiger partial charge in [-0.1, -0.05) is 34.1 Å². The molecular weight excluding hydrogens is 300 g/mol. The van der Waals surface area contributed by atoms with Gasteiger partial charge in [-0.3, -0.25) is 4.79 Å². The largest absolute Gasteiger partial charge is 0.378 e. The molecular formula is C20H38N2O2. The highest BCUT2D eigenvalue weighted by atomic mass is 16.5. The number of ether oxygens (including phenoxy) is 1. The first kappa shape index (κ1) is 19.7. The van der Waals surface area contributed by atoms with E-state index in [0.29, 0.717) is 23.8 Å². The molecule has 2 unspecified atom stereocenters. The van der Waals surface area contributed by atoms with Gasteiger partial charge in [0, 0.05) is 39.2 Å². The number of rotatable bonds is 6. The van der Waals surface area contributed by atoms with Crippen molar-refractivity contribution >= 4 is 5.91 Å². The lowest BCUT2D eigenvalue weighted by molar-refractivity contribution is -0.140. The lowest BCUT2D eigenvalue weighted by Crippen LogP contribution is -2.49. The van der Waals surface area contributed by atoms with Crippen molar-refractivity contribution in [1.82, 2.24) is 9.80 Å². The van der Waals surface area contributed by atoms with E-state index in [2.05, 4.69) is 44.5 Å². The van der Waals surface area contributed by atoms with E-state index in [4.69, 9.17) is 4.74 Å². The Hall–Kier alpha value is -0.610. The van der Waals surface area contributed by atoms with Gasteiger partial charge in [0.25, 0.3) is 0 Å². The van der Waals surface area contributed by atoms with E-state index in [9.17, 15) is 4.79 Å². The lowest BCUT2D eigenvalue weighted by Gasteiger charge is -2.44. The van der Waals surface area contributed by atoms with Crippen molar-refractivity contribution in [1.29, 1.82) is 0 Å². The predicted octanol–water partition coefficient (Wildman–Crippen LogP) is 3.41. The molecule has 2 fully saturated rings. The fourth-order valence-electron chi connectivity index (χ4n) is 4.00. The van der Waals surface area contributed by atoms with Gasteiger partial charge in [0.1, 0.15) is 0 Å². The summed E-state index contributed by atoms with van der Waals surface area (Å²) in [5.41, 5.74) is 0.151. The van der Waals surface area contributed by atoms with Crippen molar-refractivity contribution in [2.45, 2.75) is 65.9 Å². The van der Waals surface area contributed by atoms with E-state index in [1.807, 2.05) is 0 Å². The summed E-state index contributed by atoms with van der Waals surface area (Å²) in [7, 11) is 2.14. The Morgan fingerprint density at radius 2 is 1.83 bits per heavy atom. The van der Waals surface area contributed by atoms with Crippen LogP contribution in [0.2, 0.25) is 0 Å². The molecule has 4 nitrogen and oxygen atoms in total. The molecule has 0 aromatic heterocycles. The minimum absolute atomic E-state index is 0.151. The Kier molecular flexibility index (Phi) is 7.11. The topological polar surface area (TPSA) is 32.8 Å². The van der Waals surface area contributed by atoms with Crippen LogP contribution >= 0.6 is 0 Å². The zero-order chi connectivity index (χ0) is 17.7. The second-order valence-corrected chi connectivity index (χ2v) is 8.90. The van der Waals surface area contributed by atoms with Gasteiger partial charge >= 0.3 is 0 Å². The van der Waals surface area contributed by atoms with Crippen LogP contribution in [-0.4, -0.2) is 61.6 Å². The maximum absolute atomic E-state index is 13.0. The molecule has 2 rings (SSSR count). The van der Waals surface area contributed by atoms with Crippen molar-refractivity contribution in [2.75, 3.05) is 39.8 Å². The zero-order valence-electron chi connectivity index (χ0n) is 16.5. The minimum atomic E-state index is 0.151. The number of amides is 1. The molecule has 0 aromatic rings. The molecule has 0 saturated carbocycles. The molecule has 2 saturated heterocycles. The van der Waals surface area contributed by atoms with Gasteiger partial charge in [0.2, 0.25) is 5.91 Å². The Bertz CT molecular complexity index is 402. The first-order valence-corrected chi connectivity index (χ1v) is 9.89. The third-order valence-corrected chi connectivity index (χ3v) is 5.98. The number of nitrogens with zero attached hydrogens (tertiary/aromatic N) is 2. The van der Waals surface area contributed by atoms with Crippen molar-refractivity contribution in [2.24, 2.45) is 17.3 Å². The first-order chi connectivity index (χ1) is 11.3. The van der Waals surface area contributed by atoms with Gasteiger partial charge < -0.3 is 14.5 Å². The van der Waals surface area contributed by atoms with E-state index in [1.54, 1.807) is 0 Å². The van der Waals surface area contributed by atoms with E-state index in [-0.39, 0.29) is 5.41 Å². The molecule has 4 heteroatoms. The molecule has 2 heterocycles. The molecule has 2 aliphatic heterocycles. The average Bonchev–Trinajstić information content (AvgIpc) is 2.54. The maximum Gasteiger partial charge on any atom is 0.223 e. The third kappa shape index (κ3) is 5.45. The normalized spacial score (nSPS) is 29.5. The second-order valence-electron chi connectivity index (χ2n) is 8.90. The van der Waals surface area contributed by atoms with Crippen LogP contribution in [0.15, 0.2) is 0 Å². The average molecular weight is 339 g/mol. The lowest BCUT2D eigenvalue weighted by atomic mass is 9.69. The summed E-state index contributed by atoms with van der Waals surface area (Å²) in [6, 6.07) is 0. The summed E-state index contributed by atoms with van der Waals surface area (Å²) in [4.78, 5) is 17.4. The van der Waals surface area contributed by atoms with Gasteiger partial charge in [-0.2, -0.15) is 0 Å². The Balaban J connectivity index is 2.03. The summed E-state index contributed by atoms with van der Waals surface area (Å²) in [6.07, 6.45) is 5.50. The molecule has 0 aromatic carbocycles. The molecule has 24 heavy (non-hydrogen) atoms. The molecule has 0 radical (unpaired) electrons. The van der Waals surface area contributed by atoms with Gasteiger partial charge in [-0.05, 0) is 43.6 Å². The van der Waals surface area contributed by atoms with Crippen molar-refractivity contribution in [3.8, 4) is 0 Å². The second kappa shape index (κ2) is 8.66. The van der Waals surface area contributed by atoms with Crippen molar-refractivity contribution in [3.05, 3.63) is 0 Å². The van der Waals surface area contributed by atoms with Gasteiger partial charge in [0.05, 0.1) is 6.10 Å². The smallest absolute Gasteiger partial charge is 0.223 e. The summed E-state index contributed by atoms with van der Waals surface area (Å²) >= 11 is 0. The minimum Gasteiger partial charge on any atom is -0.378 e. The fraction of sp³-hybridized carbons (Fsp3) is 0.950. The third-order valence-electron chi connectivity index (χ3n) is 5.98. The number of carbonyl (C=O) groups excluding carboxylic acids is 1. The van der Waals surface area contributed by atoms with Gasteiger partial charge in [-0.15, -0.1) is 0 Å². The Morgan fingerprint density at radius 1 is 1.17 bits per heavy atom. The molecule has 0 aliphatic carbocycles. The highest BCUT2D eigenvalue weighted by molar-refractivity contribution is 5.77. The maximum atomic E-state index is 13.0. The standard InChI is InChI=1S/C20H38N2O2/c1-16(2)6-7-20(8-13-24-18(14-20)17(3)4)15-19(23)22-11-9-21(5)10-12-22/h16-18H,6-15H2,1-5H3. The summed E-state index contributed by atoms with van der Waals surface area (Å²) in [5.74, 6) is 1.60. The van der Waals surface area contributed by atoms with Crippen LogP contribution in [-0.2, 0) is 9.53 Å². The van der Waals surface area contributed by atoms with Crippen LogP contribution < -0.4 is 0 Å². The zero-order valence-corrected chi connectivity index (χ0v) is 16.5. The molecule has 0 spiro atoms. The van der Waals surface area contributed by atoms with Crippen LogP contribution in [0.3, 0.4) is 0 Å². The monoisotopic (exact) mass is 338 g/mol. The molecule has 2 atom stereocenters. The molecule has 0 bridgehead atoms. The number of carbonyl (C=O) groups is 1. The van der Waals surface area contributed by atoms with Gasteiger partial charge in [0.15, 0.2) is 0 Å². The SMILES string of the molecule is CC(C)CCC1(CC(=O)N2CCN(C)CC2)CCOC(C(C)C)C1. The van der Waals surface area contributed by atoms with Gasteiger partial charge in [-0.25, -0.2) is 0 Å². The number of likely N-dealkylation sites (N-methyl/N-ethyl adjacent to an activating group) is 1. The van der Waals surface area contributed by atoms with E-state index < -0.39 is 0 Å². The quantitative estimate of drug-likeness (QED) is 0.744. The Labute approximate surface area is 148 Å². The van der Waals surface area contributed by atoms with Crippen molar-refractivity contribution in [3.63, 3.8) is 0 Å². The molecule has 140 valence electrons. The predicted molar refractivity (Wildman–Crippen MR) is 99.0 cm³/mol. The van der Waals surface area contributed by atoms with Crippen LogP contribution in [0, 0.1) is 17.3 Å². The first-order valence-electron chi connectivity index (χ1n) is 9.89. The highest BCUT2D eigenvalue weighted by Gasteiger charge is 2.40. The number of hydrogen-bond donors (Lipinski definition) is 0. The number of hydrogen-bond acceptors (Lipinski definition) is 3. The van der Waals surface area contributed by atoms with E-state index >= 15 is 0 Å². The van der Waals surface area contributed by atoms with Crippen LogP contribution in [0.5, 0.6) is 0 Å². The van der Waals surface area contributed by atoms with Crippen molar-refractivity contribution < 1.29 is 9.53 Å². The summed E-state index contributed by atoms with van der Waals surface area (Å²) in [6.45, 7) is 13.7. The van der Waals surface area contributed by atoms with E-state index in [0.717, 1.165) is 58.5 Å². The fourth-order valence-corrected chi connectivity index (χ4v) is 4.00. The van der Waals surface area contributed by atoms with Crippen LogP contribution in [0.4, 0.5) is 0 Å². The van der Waals surface area contributed by atoms with Crippen LogP contribution in [0.25, 0.3) is 0 Å². The Morgan fingerprint density at radius 3 is 2.42 bits per heavy atom. The van der Waals surface area contributed by atoms with Crippen LogP contribution in [0.1, 0.15) is 59.8 Å². The van der Waals surface area contributed by atoms with E-state index in [1.165, 1.54) is 6.42 Å². The molecule has 0 N–H and O–H groups in total. The summed E-state index contributed by atoms with van der Waals surface area (Å²) < 4.78 is 6.01.